The number of benzene rings is 3. The Morgan fingerprint density at radius 3 is 2.43 bits per heavy atom. The first kappa shape index (κ1) is 25.8. The summed E-state index contributed by atoms with van der Waals surface area (Å²) in [6.45, 7) is 4.91. The molecule has 0 heterocycles. The number of esters is 1. The van der Waals surface area contributed by atoms with Crippen LogP contribution in [0.3, 0.4) is 0 Å². The van der Waals surface area contributed by atoms with Crippen molar-refractivity contribution in [2.75, 3.05) is 0 Å². The Balaban J connectivity index is 1.80. The number of rotatable bonds is 8. The highest BCUT2D eigenvalue weighted by molar-refractivity contribution is 6.30. The number of carbonyl (C=O) groups excluding carboxylic acids is 2. The maximum Gasteiger partial charge on any atom is 0.339 e. The van der Waals surface area contributed by atoms with Gasteiger partial charge in [-0.25, -0.2) is 4.79 Å². The second-order valence-corrected chi connectivity index (χ2v) is 9.32. The standard InChI is InChI=1S/C28H27ClN2O4/c1-18(31-27(34)28(2,3)35-26(33)22-8-5-9-24(32)16-22)25(15-19-10-12-23(29)13-11-19)21-7-4-6-20(14-21)17-30/h4-14,16,18,25,32H,15H2,1-3H3,(H,31,34). The number of amides is 1. The Morgan fingerprint density at radius 1 is 1.09 bits per heavy atom. The smallest absolute Gasteiger partial charge is 0.339 e. The predicted octanol–water partition coefficient (Wildman–Crippen LogP) is 5.38. The van der Waals surface area contributed by atoms with Crippen LogP contribution in [0.5, 0.6) is 5.75 Å². The molecule has 6 nitrogen and oxygen atoms in total. The molecule has 1 amide bonds. The van der Waals surface area contributed by atoms with E-state index in [-0.39, 0.29) is 23.3 Å². The van der Waals surface area contributed by atoms with Crippen LogP contribution in [-0.4, -0.2) is 28.6 Å². The van der Waals surface area contributed by atoms with Gasteiger partial charge in [0.15, 0.2) is 5.60 Å². The van der Waals surface area contributed by atoms with Gasteiger partial charge in [-0.1, -0.05) is 41.9 Å². The third-order valence-corrected chi connectivity index (χ3v) is 6.00. The summed E-state index contributed by atoms with van der Waals surface area (Å²) < 4.78 is 5.48. The monoisotopic (exact) mass is 490 g/mol. The number of nitrogens with zero attached hydrogens (tertiary/aromatic N) is 1. The van der Waals surface area contributed by atoms with Gasteiger partial charge in [0.25, 0.3) is 5.91 Å². The van der Waals surface area contributed by atoms with E-state index in [9.17, 15) is 20.0 Å². The molecule has 0 aliphatic heterocycles. The number of halogens is 1. The van der Waals surface area contributed by atoms with E-state index >= 15 is 0 Å². The second-order valence-electron chi connectivity index (χ2n) is 8.89. The minimum atomic E-state index is -1.46. The van der Waals surface area contributed by atoms with Gasteiger partial charge in [0.05, 0.1) is 17.2 Å². The van der Waals surface area contributed by atoms with E-state index in [1.54, 1.807) is 6.07 Å². The van der Waals surface area contributed by atoms with Crippen LogP contribution >= 0.6 is 11.6 Å². The molecule has 0 saturated heterocycles. The molecule has 0 aliphatic carbocycles. The lowest BCUT2D eigenvalue weighted by Gasteiger charge is -2.30. The molecule has 0 aliphatic rings. The summed E-state index contributed by atoms with van der Waals surface area (Å²) in [5.74, 6) is -1.41. The van der Waals surface area contributed by atoms with Crippen LogP contribution in [-0.2, 0) is 16.0 Å². The van der Waals surface area contributed by atoms with Gasteiger partial charge in [-0.3, -0.25) is 4.79 Å². The number of aromatic hydroxyl groups is 1. The van der Waals surface area contributed by atoms with Crippen LogP contribution in [0.4, 0.5) is 0 Å². The highest BCUT2D eigenvalue weighted by atomic mass is 35.5. The second kappa shape index (κ2) is 11.1. The number of carbonyl (C=O) groups is 2. The molecule has 3 aromatic rings. The molecule has 0 radical (unpaired) electrons. The number of phenolic OH excluding ortho intramolecular Hbond substituents is 1. The molecule has 2 unspecified atom stereocenters. The van der Waals surface area contributed by atoms with Crippen molar-refractivity contribution < 1.29 is 19.4 Å². The maximum absolute atomic E-state index is 13.2. The zero-order valence-electron chi connectivity index (χ0n) is 19.8. The summed E-state index contributed by atoms with van der Waals surface area (Å²) in [6, 6.07) is 22.3. The Labute approximate surface area is 210 Å². The molecule has 0 bridgehead atoms. The molecule has 0 fully saturated rings. The molecule has 0 spiro atoms. The molecule has 2 atom stereocenters. The number of ether oxygens (including phenoxy) is 1. The molecule has 0 aromatic heterocycles. The van der Waals surface area contributed by atoms with Gasteiger partial charge in [-0.15, -0.1) is 0 Å². The first-order chi connectivity index (χ1) is 16.6. The topological polar surface area (TPSA) is 99.4 Å². The molecule has 0 saturated carbocycles. The van der Waals surface area contributed by atoms with Crippen molar-refractivity contribution in [3.8, 4) is 11.8 Å². The normalized spacial score (nSPS) is 12.8. The van der Waals surface area contributed by atoms with Crippen molar-refractivity contribution in [3.05, 3.63) is 100 Å². The predicted molar refractivity (Wildman–Crippen MR) is 134 cm³/mol. The molecule has 3 rings (SSSR count). The van der Waals surface area contributed by atoms with Crippen molar-refractivity contribution in [2.45, 2.75) is 44.8 Å². The number of phenols is 1. The number of hydrogen-bond acceptors (Lipinski definition) is 5. The van der Waals surface area contributed by atoms with Crippen LogP contribution in [0.2, 0.25) is 5.02 Å². The summed E-state index contributed by atoms with van der Waals surface area (Å²) in [6.07, 6.45) is 0.594. The SMILES string of the molecule is CC(NC(=O)C(C)(C)OC(=O)c1cccc(O)c1)C(Cc1ccc(Cl)cc1)c1cccc(C#N)c1. The van der Waals surface area contributed by atoms with E-state index in [4.69, 9.17) is 16.3 Å². The Morgan fingerprint density at radius 2 is 1.77 bits per heavy atom. The Bertz CT molecular complexity index is 1250. The fourth-order valence-corrected chi connectivity index (χ4v) is 3.87. The van der Waals surface area contributed by atoms with Crippen molar-refractivity contribution in [1.82, 2.24) is 5.32 Å². The summed E-state index contributed by atoms with van der Waals surface area (Å²) in [5, 5.41) is 22.6. The minimum Gasteiger partial charge on any atom is -0.508 e. The van der Waals surface area contributed by atoms with Crippen LogP contribution in [0, 0.1) is 11.3 Å². The van der Waals surface area contributed by atoms with Gasteiger partial charge in [-0.05, 0) is 80.8 Å². The minimum absolute atomic E-state index is 0.0695. The lowest BCUT2D eigenvalue weighted by molar-refractivity contribution is -0.138. The van der Waals surface area contributed by atoms with E-state index in [0.717, 1.165) is 11.1 Å². The van der Waals surface area contributed by atoms with Crippen molar-refractivity contribution >= 4 is 23.5 Å². The zero-order chi connectivity index (χ0) is 25.6. The zero-order valence-corrected chi connectivity index (χ0v) is 20.5. The van der Waals surface area contributed by atoms with E-state index in [1.807, 2.05) is 49.4 Å². The summed E-state index contributed by atoms with van der Waals surface area (Å²) >= 11 is 6.03. The quantitative estimate of drug-likeness (QED) is 0.413. The van der Waals surface area contributed by atoms with Gasteiger partial charge >= 0.3 is 5.97 Å². The maximum atomic E-state index is 13.2. The average Bonchev–Trinajstić information content (AvgIpc) is 2.83. The third-order valence-electron chi connectivity index (χ3n) is 5.75. The van der Waals surface area contributed by atoms with E-state index in [0.29, 0.717) is 17.0 Å². The molecule has 180 valence electrons. The highest BCUT2D eigenvalue weighted by Gasteiger charge is 2.35. The molecular weight excluding hydrogens is 464 g/mol. The van der Waals surface area contributed by atoms with Gasteiger partial charge in [-0.2, -0.15) is 5.26 Å². The van der Waals surface area contributed by atoms with E-state index < -0.39 is 17.5 Å². The van der Waals surface area contributed by atoms with Gasteiger partial charge in [0, 0.05) is 17.0 Å². The van der Waals surface area contributed by atoms with Crippen molar-refractivity contribution in [1.29, 1.82) is 5.26 Å². The molecule has 2 N–H and O–H groups in total. The molecule has 3 aromatic carbocycles. The fraction of sp³-hybridized carbons (Fsp3) is 0.250. The molecule has 35 heavy (non-hydrogen) atoms. The molecule has 7 heteroatoms. The average molecular weight is 491 g/mol. The fourth-order valence-electron chi connectivity index (χ4n) is 3.75. The van der Waals surface area contributed by atoms with Crippen molar-refractivity contribution in [3.63, 3.8) is 0 Å². The lowest BCUT2D eigenvalue weighted by Crippen LogP contribution is -2.50. The van der Waals surface area contributed by atoms with Crippen molar-refractivity contribution in [2.24, 2.45) is 0 Å². The summed E-state index contributed by atoms with van der Waals surface area (Å²) in [4.78, 5) is 25.7. The van der Waals surface area contributed by atoms with E-state index in [2.05, 4.69) is 11.4 Å². The van der Waals surface area contributed by atoms with Crippen LogP contribution in [0.15, 0.2) is 72.8 Å². The van der Waals surface area contributed by atoms with Gasteiger partial charge in [0.2, 0.25) is 0 Å². The Hall–Kier alpha value is -3.82. The first-order valence-electron chi connectivity index (χ1n) is 11.2. The van der Waals surface area contributed by atoms with E-state index in [1.165, 1.54) is 38.1 Å². The van der Waals surface area contributed by atoms with Crippen LogP contribution in [0.25, 0.3) is 0 Å². The van der Waals surface area contributed by atoms with Gasteiger partial charge < -0.3 is 15.2 Å². The van der Waals surface area contributed by atoms with Gasteiger partial charge in [0.1, 0.15) is 5.75 Å². The summed E-state index contributed by atoms with van der Waals surface area (Å²) in [7, 11) is 0. The number of nitriles is 1. The first-order valence-corrected chi connectivity index (χ1v) is 11.5. The number of hydrogen-bond donors (Lipinski definition) is 2. The highest BCUT2D eigenvalue weighted by Crippen LogP contribution is 2.27. The third kappa shape index (κ3) is 6.84. The lowest BCUT2D eigenvalue weighted by atomic mass is 9.85. The Kier molecular flexibility index (Phi) is 8.16. The largest absolute Gasteiger partial charge is 0.508 e. The summed E-state index contributed by atoms with van der Waals surface area (Å²) in [5.41, 5.74) is 1.14. The molecular formula is C28H27ClN2O4. The van der Waals surface area contributed by atoms with Crippen LogP contribution in [0.1, 0.15) is 53.7 Å². The van der Waals surface area contributed by atoms with Crippen LogP contribution < -0.4 is 5.32 Å². The number of nitrogens with one attached hydrogen (secondary N) is 1.